The molecule has 4 heteroatoms. The molecule has 0 N–H and O–H groups in total. The lowest BCUT2D eigenvalue weighted by molar-refractivity contribution is 0.0531. The molecule has 0 spiro atoms. The summed E-state index contributed by atoms with van der Waals surface area (Å²) in [4.78, 5) is 12.2. The molecule has 0 saturated heterocycles. The molecule has 0 fully saturated rings. The Morgan fingerprint density at radius 3 is 2.50 bits per heavy atom. The third kappa shape index (κ3) is 2.25. The second kappa shape index (κ2) is 4.35. The van der Waals surface area contributed by atoms with Crippen LogP contribution in [0.3, 0.4) is 0 Å². The van der Waals surface area contributed by atoms with Crippen molar-refractivity contribution in [1.82, 2.24) is 4.57 Å². The molecular weight excluding hydrogens is 246 g/mol. The summed E-state index contributed by atoms with van der Waals surface area (Å²) < 4.78 is 6.91. The molecule has 0 saturated carbocycles. The fraction of sp³-hybridized carbons (Fsp3) is 0.357. The zero-order valence-corrected chi connectivity index (χ0v) is 11.9. The molecule has 1 heterocycles. The number of benzene rings is 1. The van der Waals surface area contributed by atoms with Gasteiger partial charge in [0.05, 0.1) is 10.5 Å². The molecule has 2 aromatic rings. The van der Waals surface area contributed by atoms with Gasteiger partial charge in [-0.15, -0.1) is 12.6 Å². The van der Waals surface area contributed by atoms with E-state index in [4.69, 9.17) is 4.74 Å². The van der Waals surface area contributed by atoms with E-state index in [9.17, 15) is 4.79 Å². The number of aryl methyl sites for hydroxylation is 1. The first-order chi connectivity index (χ1) is 8.31. The van der Waals surface area contributed by atoms with E-state index in [0.717, 1.165) is 16.5 Å². The predicted octanol–water partition coefficient (Wildman–Crippen LogP) is 4.02. The summed E-state index contributed by atoms with van der Waals surface area (Å²) >= 11 is 4.42. The zero-order chi connectivity index (χ0) is 13.5. The SMILES string of the molecule is Cc1c(S)n(C(=O)OC(C)(C)C)c2ccccc12. The average Bonchev–Trinajstić information content (AvgIpc) is 2.50. The number of rotatable bonds is 0. The van der Waals surface area contributed by atoms with Crippen molar-refractivity contribution in [1.29, 1.82) is 0 Å². The minimum Gasteiger partial charge on any atom is -0.443 e. The Balaban J connectivity index is 2.58. The van der Waals surface area contributed by atoms with E-state index < -0.39 is 11.7 Å². The number of para-hydroxylation sites is 1. The molecule has 0 radical (unpaired) electrons. The molecule has 1 aromatic heterocycles. The predicted molar refractivity (Wildman–Crippen MR) is 75.6 cm³/mol. The number of carbonyl (C=O) groups excluding carboxylic acids is 1. The van der Waals surface area contributed by atoms with E-state index >= 15 is 0 Å². The fourth-order valence-corrected chi connectivity index (χ4v) is 2.19. The van der Waals surface area contributed by atoms with Crippen molar-refractivity contribution >= 4 is 29.6 Å². The highest BCUT2D eigenvalue weighted by Crippen LogP contribution is 2.28. The summed E-state index contributed by atoms with van der Waals surface area (Å²) in [5.41, 5.74) is 1.30. The van der Waals surface area contributed by atoms with Crippen LogP contribution >= 0.6 is 12.6 Å². The van der Waals surface area contributed by atoms with Crippen molar-refractivity contribution in [3.8, 4) is 0 Å². The first kappa shape index (κ1) is 13.0. The largest absolute Gasteiger partial charge is 0.443 e. The highest BCUT2D eigenvalue weighted by Gasteiger charge is 2.22. The molecule has 1 aromatic carbocycles. The normalized spacial score (nSPS) is 11.8. The molecule has 0 bridgehead atoms. The Morgan fingerprint density at radius 2 is 1.89 bits per heavy atom. The van der Waals surface area contributed by atoms with E-state index in [1.165, 1.54) is 4.57 Å². The monoisotopic (exact) mass is 263 g/mol. The summed E-state index contributed by atoms with van der Waals surface area (Å²) in [6, 6.07) is 7.72. The summed E-state index contributed by atoms with van der Waals surface area (Å²) in [5.74, 6) is 0. The molecule has 0 unspecified atom stereocenters. The zero-order valence-electron chi connectivity index (χ0n) is 11.0. The van der Waals surface area contributed by atoms with Gasteiger partial charge in [0.1, 0.15) is 5.60 Å². The molecule has 0 atom stereocenters. The van der Waals surface area contributed by atoms with Crippen molar-refractivity contribution in [3.63, 3.8) is 0 Å². The maximum Gasteiger partial charge on any atom is 0.419 e. The molecular formula is C14H17NO2S. The van der Waals surface area contributed by atoms with Crippen LogP contribution in [0.1, 0.15) is 26.3 Å². The van der Waals surface area contributed by atoms with E-state index in [2.05, 4.69) is 12.6 Å². The highest BCUT2D eigenvalue weighted by molar-refractivity contribution is 7.80. The van der Waals surface area contributed by atoms with Gasteiger partial charge in [-0.2, -0.15) is 0 Å². The van der Waals surface area contributed by atoms with Crippen molar-refractivity contribution in [2.24, 2.45) is 0 Å². The minimum absolute atomic E-state index is 0.392. The van der Waals surface area contributed by atoms with E-state index in [1.54, 1.807) is 0 Å². The van der Waals surface area contributed by atoms with Crippen molar-refractivity contribution in [3.05, 3.63) is 29.8 Å². The molecule has 0 aliphatic carbocycles. The second-order valence-corrected chi connectivity index (χ2v) is 5.71. The Labute approximate surface area is 112 Å². The van der Waals surface area contributed by atoms with Gasteiger partial charge in [0, 0.05) is 5.39 Å². The number of hydrogen-bond acceptors (Lipinski definition) is 3. The summed E-state index contributed by atoms with van der Waals surface area (Å²) in [5, 5.41) is 1.65. The number of fused-ring (bicyclic) bond motifs is 1. The lowest BCUT2D eigenvalue weighted by Crippen LogP contribution is -2.27. The van der Waals surface area contributed by atoms with Gasteiger partial charge in [-0.1, -0.05) is 18.2 Å². The van der Waals surface area contributed by atoms with Crippen LogP contribution in [-0.2, 0) is 4.74 Å². The van der Waals surface area contributed by atoms with Gasteiger partial charge in [-0.3, -0.25) is 0 Å². The molecule has 2 rings (SSSR count). The minimum atomic E-state index is -0.517. The van der Waals surface area contributed by atoms with Crippen molar-refractivity contribution < 1.29 is 9.53 Å². The number of carbonyl (C=O) groups is 1. The van der Waals surface area contributed by atoms with Gasteiger partial charge in [0.25, 0.3) is 0 Å². The molecule has 0 amide bonds. The molecule has 0 aliphatic heterocycles. The van der Waals surface area contributed by atoms with Crippen LogP contribution in [0.5, 0.6) is 0 Å². The van der Waals surface area contributed by atoms with Gasteiger partial charge >= 0.3 is 6.09 Å². The molecule has 18 heavy (non-hydrogen) atoms. The van der Waals surface area contributed by atoms with Crippen LogP contribution in [0.25, 0.3) is 10.9 Å². The Kier molecular flexibility index (Phi) is 3.15. The van der Waals surface area contributed by atoms with Gasteiger partial charge in [0.2, 0.25) is 0 Å². The lowest BCUT2D eigenvalue weighted by atomic mass is 10.2. The average molecular weight is 263 g/mol. The van der Waals surface area contributed by atoms with Crippen LogP contribution < -0.4 is 0 Å². The van der Waals surface area contributed by atoms with E-state index in [0.29, 0.717) is 5.03 Å². The summed E-state index contributed by atoms with van der Waals surface area (Å²) in [7, 11) is 0. The first-order valence-electron chi connectivity index (χ1n) is 5.83. The van der Waals surface area contributed by atoms with E-state index in [-0.39, 0.29) is 0 Å². The summed E-state index contributed by atoms with van der Waals surface area (Å²) in [6.07, 6.45) is -0.392. The molecule has 96 valence electrons. The maximum atomic E-state index is 12.2. The number of ether oxygens (including phenoxy) is 1. The number of hydrogen-bond donors (Lipinski definition) is 1. The smallest absolute Gasteiger partial charge is 0.419 e. The topological polar surface area (TPSA) is 31.2 Å². The lowest BCUT2D eigenvalue weighted by Gasteiger charge is -2.20. The third-order valence-electron chi connectivity index (χ3n) is 2.67. The molecule has 3 nitrogen and oxygen atoms in total. The Bertz CT molecular complexity index is 608. The summed E-state index contributed by atoms with van der Waals surface area (Å²) in [6.45, 7) is 7.50. The van der Waals surface area contributed by atoms with E-state index in [1.807, 2.05) is 52.0 Å². The van der Waals surface area contributed by atoms with Crippen LogP contribution in [0.4, 0.5) is 4.79 Å². The van der Waals surface area contributed by atoms with Gasteiger partial charge in [-0.25, -0.2) is 9.36 Å². The number of thiol groups is 1. The number of aromatic nitrogens is 1. The third-order valence-corrected chi connectivity index (χ3v) is 3.21. The molecule has 0 aliphatic rings. The van der Waals surface area contributed by atoms with Crippen LogP contribution in [0.2, 0.25) is 0 Å². The van der Waals surface area contributed by atoms with Crippen LogP contribution in [0, 0.1) is 6.92 Å². The van der Waals surface area contributed by atoms with Crippen molar-refractivity contribution in [2.75, 3.05) is 0 Å². The van der Waals surface area contributed by atoms with Crippen molar-refractivity contribution in [2.45, 2.75) is 38.3 Å². The Morgan fingerprint density at radius 1 is 1.28 bits per heavy atom. The first-order valence-corrected chi connectivity index (χ1v) is 6.28. The second-order valence-electron chi connectivity index (χ2n) is 5.28. The maximum absolute atomic E-state index is 12.2. The Hall–Kier alpha value is -1.42. The van der Waals surface area contributed by atoms with Gasteiger partial charge in [0.15, 0.2) is 0 Å². The standard InChI is InChI=1S/C14H17NO2S/c1-9-10-7-5-6-8-11(10)15(12(9)18)13(16)17-14(2,3)4/h5-8,18H,1-4H3. The number of nitrogens with zero attached hydrogens (tertiary/aromatic N) is 1. The van der Waals surface area contributed by atoms with Crippen LogP contribution in [-0.4, -0.2) is 16.3 Å². The van der Waals surface area contributed by atoms with Crippen LogP contribution in [0.15, 0.2) is 29.3 Å². The quantitative estimate of drug-likeness (QED) is 0.728. The fourth-order valence-electron chi connectivity index (χ4n) is 1.88. The van der Waals surface area contributed by atoms with Gasteiger partial charge in [-0.05, 0) is 39.3 Å². The van der Waals surface area contributed by atoms with Gasteiger partial charge < -0.3 is 4.74 Å². The highest BCUT2D eigenvalue weighted by atomic mass is 32.1.